The van der Waals surface area contributed by atoms with Gasteiger partial charge in [0.1, 0.15) is 5.75 Å². The highest BCUT2D eigenvalue weighted by Crippen LogP contribution is 2.35. The van der Waals surface area contributed by atoms with E-state index in [1.165, 1.54) is 11.1 Å². The third-order valence-corrected chi connectivity index (χ3v) is 5.94. The van der Waals surface area contributed by atoms with E-state index in [9.17, 15) is 4.79 Å². The van der Waals surface area contributed by atoms with E-state index in [4.69, 9.17) is 4.74 Å². The van der Waals surface area contributed by atoms with Crippen LogP contribution in [-0.4, -0.2) is 47.6 Å². The molecular weight excluding hydrogens is 322 g/mol. The number of aliphatic imine (C=N–C) groups is 1. The predicted molar refractivity (Wildman–Crippen MR) is 96.1 cm³/mol. The molecule has 0 saturated carbocycles. The lowest BCUT2D eigenvalue weighted by Crippen LogP contribution is -2.39. The number of carbonyl (C=O) groups excluding carboxylic acids is 1. The Kier molecular flexibility index (Phi) is 4.00. The second-order valence-electron chi connectivity index (χ2n) is 6.30. The van der Waals surface area contributed by atoms with Gasteiger partial charge in [-0.1, -0.05) is 17.8 Å². The molecule has 0 aliphatic carbocycles. The second-order valence-corrected chi connectivity index (χ2v) is 7.13. The Hall–Kier alpha value is -1.95. The maximum atomic E-state index is 12.9. The molecule has 0 spiro atoms. The Morgan fingerprint density at radius 2 is 2.29 bits per heavy atom. The Bertz CT molecular complexity index is 744. The van der Waals surface area contributed by atoms with Crippen LogP contribution in [0.4, 0.5) is 0 Å². The zero-order valence-corrected chi connectivity index (χ0v) is 14.8. The summed E-state index contributed by atoms with van der Waals surface area (Å²) in [6, 6.07) is 6.26. The van der Waals surface area contributed by atoms with Gasteiger partial charge in [0.2, 0.25) is 5.91 Å². The molecule has 1 aromatic carbocycles. The Labute approximate surface area is 146 Å². The second kappa shape index (κ2) is 6.16. The van der Waals surface area contributed by atoms with Gasteiger partial charge < -0.3 is 14.5 Å². The minimum atomic E-state index is 0.0812. The van der Waals surface area contributed by atoms with Crippen molar-refractivity contribution in [2.75, 3.05) is 26.7 Å². The van der Waals surface area contributed by atoms with Crippen LogP contribution in [-0.2, 0) is 11.2 Å². The van der Waals surface area contributed by atoms with Crippen LogP contribution in [0.3, 0.4) is 0 Å². The average Bonchev–Trinajstić information content (AvgIpc) is 3.20. The van der Waals surface area contributed by atoms with Crippen LogP contribution in [0, 0.1) is 0 Å². The molecule has 3 aliphatic rings. The van der Waals surface area contributed by atoms with Gasteiger partial charge in [0, 0.05) is 18.8 Å². The lowest BCUT2D eigenvalue weighted by molar-refractivity contribution is -0.133. The number of fused-ring (bicyclic) bond motifs is 2. The molecule has 1 atom stereocenters. The number of nitrogens with zero attached hydrogens (tertiary/aromatic N) is 3. The topological polar surface area (TPSA) is 45.1 Å². The molecule has 3 aliphatic heterocycles. The van der Waals surface area contributed by atoms with E-state index in [0.29, 0.717) is 6.42 Å². The van der Waals surface area contributed by atoms with Gasteiger partial charge in [-0.2, -0.15) is 0 Å². The molecule has 4 rings (SSSR count). The molecule has 0 saturated heterocycles. The molecule has 1 amide bonds. The van der Waals surface area contributed by atoms with E-state index in [0.717, 1.165) is 42.7 Å². The number of rotatable bonds is 3. The van der Waals surface area contributed by atoms with Crippen molar-refractivity contribution in [3.05, 3.63) is 40.4 Å². The van der Waals surface area contributed by atoms with E-state index in [2.05, 4.69) is 34.4 Å². The zero-order valence-electron chi connectivity index (χ0n) is 14.0. The summed E-state index contributed by atoms with van der Waals surface area (Å²) in [6.07, 6.45) is 1.36. The number of amides is 1. The highest BCUT2D eigenvalue weighted by Gasteiger charge is 2.32. The molecule has 0 fully saturated rings. The fourth-order valence-electron chi connectivity index (χ4n) is 3.63. The third-order valence-electron chi connectivity index (χ3n) is 4.99. The van der Waals surface area contributed by atoms with Crippen LogP contribution in [0.15, 0.2) is 34.3 Å². The van der Waals surface area contributed by atoms with E-state index < -0.39 is 0 Å². The number of thioether (sulfide) groups is 1. The average molecular weight is 343 g/mol. The molecule has 0 N–H and O–H groups in total. The summed E-state index contributed by atoms with van der Waals surface area (Å²) in [5.74, 6) is 1.04. The molecule has 6 heteroatoms. The number of carbonyl (C=O) groups is 1. The normalized spacial score (nSPS) is 22.0. The number of hydrogen-bond donors (Lipinski definition) is 0. The van der Waals surface area contributed by atoms with Crippen molar-refractivity contribution in [2.45, 2.75) is 25.8 Å². The summed E-state index contributed by atoms with van der Waals surface area (Å²) in [5.41, 5.74) is 3.61. The largest absolute Gasteiger partial charge is 0.497 e. The van der Waals surface area contributed by atoms with Gasteiger partial charge in [-0.3, -0.25) is 9.79 Å². The molecule has 0 bridgehead atoms. The van der Waals surface area contributed by atoms with E-state index in [1.54, 1.807) is 18.9 Å². The first kappa shape index (κ1) is 15.6. The van der Waals surface area contributed by atoms with Crippen molar-refractivity contribution in [3.63, 3.8) is 0 Å². The van der Waals surface area contributed by atoms with Crippen molar-refractivity contribution in [3.8, 4) is 5.75 Å². The van der Waals surface area contributed by atoms with Crippen molar-refractivity contribution in [1.82, 2.24) is 9.80 Å². The summed E-state index contributed by atoms with van der Waals surface area (Å²) in [5, 5.41) is 3.11. The van der Waals surface area contributed by atoms with Crippen molar-refractivity contribution >= 4 is 22.8 Å². The lowest BCUT2D eigenvalue weighted by Gasteiger charge is -2.36. The smallest absolute Gasteiger partial charge is 0.229 e. The summed E-state index contributed by atoms with van der Waals surface area (Å²) < 4.78 is 5.34. The Morgan fingerprint density at radius 1 is 1.42 bits per heavy atom. The Balaban J connectivity index is 1.50. The van der Waals surface area contributed by atoms with Crippen molar-refractivity contribution < 1.29 is 9.53 Å². The molecule has 1 aromatic rings. The maximum Gasteiger partial charge on any atom is 0.229 e. The highest BCUT2D eigenvalue weighted by molar-refractivity contribution is 8.16. The number of benzene rings is 1. The van der Waals surface area contributed by atoms with Crippen LogP contribution in [0.5, 0.6) is 5.75 Å². The first-order valence-corrected chi connectivity index (χ1v) is 9.19. The number of amidine groups is 1. The molecule has 24 heavy (non-hydrogen) atoms. The van der Waals surface area contributed by atoms with E-state index >= 15 is 0 Å². The van der Waals surface area contributed by atoms with Crippen molar-refractivity contribution in [2.24, 2.45) is 4.99 Å². The first-order valence-electron chi connectivity index (χ1n) is 8.31. The lowest BCUT2D eigenvalue weighted by atomic mass is 9.93. The molecule has 0 unspecified atom stereocenters. The highest BCUT2D eigenvalue weighted by atomic mass is 32.2. The monoisotopic (exact) mass is 343 g/mol. The molecule has 5 nitrogen and oxygen atoms in total. The summed E-state index contributed by atoms with van der Waals surface area (Å²) in [4.78, 5) is 21.5. The molecule has 3 heterocycles. The fraction of sp³-hybridized carbons (Fsp3) is 0.444. The number of hydrogen-bond acceptors (Lipinski definition) is 5. The van der Waals surface area contributed by atoms with Crippen LogP contribution < -0.4 is 4.74 Å². The van der Waals surface area contributed by atoms with E-state index in [-0.39, 0.29) is 11.9 Å². The number of methoxy groups -OCH3 is 1. The van der Waals surface area contributed by atoms with E-state index in [1.807, 2.05) is 11.0 Å². The molecular formula is C18H21N3O2S. The van der Waals surface area contributed by atoms with Gasteiger partial charge in [-0.25, -0.2) is 0 Å². The molecule has 0 aromatic heterocycles. The maximum absolute atomic E-state index is 12.9. The van der Waals surface area contributed by atoms with Gasteiger partial charge >= 0.3 is 0 Å². The fourth-order valence-corrected chi connectivity index (χ4v) is 4.59. The SMILES string of the molecule is COc1ccc2c(c1)[C@@H](C)N(C(=O)CC1=CSC3=NCCN13)CC2. The van der Waals surface area contributed by atoms with Gasteiger partial charge in [0.05, 0.1) is 26.1 Å². The standard InChI is InChI=1S/C18H21N3O2S/c1-12-16-10-15(23-2)4-3-13(16)5-7-20(12)17(22)9-14-11-24-18-19-6-8-21(14)18/h3-4,10-12H,5-9H2,1-2H3/t12-/m1/s1. The molecule has 0 radical (unpaired) electrons. The van der Waals surface area contributed by atoms with Crippen LogP contribution >= 0.6 is 11.8 Å². The van der Waals surface area contributed by atoms with Gasteiger partial charge in [-0.05, 0) is 42.0 Å². The summed E-state index contributed by atoms with van der Waals surface area (Å²) in [7, 11) is 1.68. The minimum Gasteiger partial charge on any atom is -0.497 e. The van der Waals surface area contributed by atoms with Crippen LogP contribution in [0.25, 0.3) is 0 Å². The van der Waals surface area contributed by atoms with Gasteiger partial charge in [0.15, 0.2) is 5.17 Å². The van der Waals surface area contributed by atoms with Gasteiger partial charge in [-0.15, -0.1) is 0 Å². The first-order chi connectivity index (χ1) is 11.7. The predicted octanol–water partition coefficient (Wildman–Crippen LogP) is 2.79. The number of ether oxygens (including phenoxy) is 1. The summed E-state index contributed by atoms with van der Waals surface area (Å²) in [6.45, 7) is 4.62. The van der Waals surface area contributed by atoms with Crippen LogP contribution in [0.2, 0.25) is 0 Å². The quantitative estimate of drug-likeness (QED) is 0.847. The van der Waals surface area contributed by atoms with Crippen LogP contribution in [0.1, 0.15) is 30.5 Å². The van der Waals surface area contributed by atoms with Gasteiger partial charge in [0.25, 0.3) is 0 Å². The Morgan fingerprint density at radius 3 is 3.12 bits per heavy atom. The zero-order chi connectivity index (χ0) is 16.7. The molecule has 126 valence electrons. The van der Waals surface area contributed by atoms with Crippen molar-refractivity contribution in [1.29, 1.82) is 0 Å². The summed E-state index contributed by atoms with van der Waals surface area (Å²) >= 11 is 1.63. The minimum absolute atomic E-state index is 0.0812. The third kappa shape index (κ3) is 2.59.